The van der Waals surface area contributed by atoms with Crippen LogP contribution in [-0.4, -0.2) is 36.9 Å². The molecule has 0 aromatic carbocycles. The zero-order valence-electron chi connectivity index (χ0n) is 9.52. The molecule has 0 aliphatic carbocycles. The molecule has 0 spiro atoms. The zero-order valence-corrected chi connectivity index (χ0v) is 9.52. The lowest BCUT2D eigenvalue weighted by Crippen LogP contribution is -2.47. The summed E-state index contributed by atoms with van der Waals surface area (Å²) in [6.45, 7) is 3.18. The fourth-order valence-electron chi connectivity index (χ4n) is 1.65. The van der Waals surface area contributed by atoms with Crippen molar-refractivity contribution in [2.75, 3.05) is 7.11 Å². The predicted molar refractivity (Wildman–Crippen MR) is 55.3 cm³/mol. The second kappa shape index (κ2) is 4.71. The van der Waals surface area contributed by atoms with Crippen molar-refractivity contribution < 1.29 is 19.1 Å². The number of nitrogens with two attached hydrogens (primary N) is 1. The van der Waals surface area contributed by atoms with E-state index in [2.05, 4.69) is 5.32 Å². The molecular formula is C10H16N2O4. The average Bonchev–Trinajstić information content (AvgIpc) is 2.50. The summed E-state index contributed by atoms with van der Waals surface area (Å²) in [6.07, 6.45) is -0.483. The molecule has 6 heteroatoms. The van der Waals surface area contributed by atoms with Crippen LogP contribution in [0.1, 0.15) is 13.8 Å². The van der Waals surface area contributed by atoms with Crippen molar-refractivity contribution in [3.05, 3.63) is 0 Å². The van der Waals surface area contributed by atoms with E-state index < -0.39 is 41.6 Å². The van der Waals surface area contributed by atoms with Gasteiger partial charge in [-0.15, -0.1) is 0 Å². The van der Waals surface area contributed by atoms with Crippen molar-refractivity contribution in [3.8, 4) is 0 Å². The second-order valence-corrected chi connectivity index (χ2v) is 3.99. The number of imide groups is 1. The standard InChI is InChI=1S/C10H16N2O4/c1-4-6(10(15)12-9(4)14)8(13)7(11)5(2)16-3/h4-7H,11H2,1-3H3,(H,12,14,15)/t4-,5?,6+,7?/m0/s1. The van der Waals surface area contributed by atoms with Gasteiger partial charge in [-0.2, -0.15) is 0 Å². The molecule has 1 saturated heterocycles. The second-order valence-electron chi connectivity index (χ2n) is 3.99. The number of carbonyl (C=O) groups excluding carboxylic acids is 3. The van der Waals surface area contributed by atoms with Crippen LogP contribution < -0.4 is 11.1 Å². The van der Waals surface area contributed by atoms with Gasteiger partial charge >= 0.3 is 0 Å². The van der Waals surface area contributed by atoms with Crippen LogP contribution in [-0.2, 0) is 19.1 Å². The number of methoxy groups -OCH3 is 1. The number of hydrogen-bond acceptors (Lipinski definition) is 5. The highest BCUT2D eigenvalue weighted by Gasteiger charge is 2.45. The van der Waals surface area contributed by atoms with Gasteiger partial charge in [-0.3, -0.25) is 19.7 Å². The highest BCUT2D eigenvalue weighted by Crippen LogP contribution is 2.21. The third kappa shape index (κ3) is 2.12. The van der Waals surface area contributed by atoms with Crippen LogP contribution in [0.4, 0.5) is 0 Å². The van der Waals surface area contributed by atoms with E-state index in [1.54, 1.807) is 6.92 Å². The van der Waals surface area contributed by atoms with Crippen molar-refractivity contribution in [1.29, 1.82) is 0 Å². The molecule has 2 unspecified atom stereocenters. The minimum absolute atomic E-state index is 0.430. The third-order valence-corrected chi connectivity index (χ3v) is 2.96. The maximum Gasteiger partial charge on any atom is 0.238 e. The first-order valence-electron chi connectivity index (χ1n) is 5.07. The molecule has 0 radical (unpaired) electrons. The van der Waals surface area contributed by atoms with E-state index in [4.69, 9.17) is 10.5 Å². The third-order valence-electron chi connectivity index (χ3n) is 2.96. The molecule has 0 saturated carbocycles. The summed E-state index contributed by atoms with van der Waals surface area (Å²) >= 11 is 0. The fraction of sp³-hybridized carbons (Fsp3) is 0.700. The Morgan fingerprint density at radius 1 is 1.44 bits per heavy atom. The van der Waals surface area contributed by atoms with Gasteiger partial charge in [0.15, 0.2) is 5.78 Å². The molecule has 1 fully saturated rings. The van der Waals surface area contributed by atoms with E-state index in [1.807, 2.05) is 0 Å². The number of carbonyl (C=O) groups is 3. The Morgan fingerprint density at radius 2 is 2.00 bits per heavy atom. The SMILES string of the molecule is COC(C)C(N)C(=O)[C@@H]1C(=O)NC(=O)[C@H]1C. The maximum atomic E-state index is 11.9. The molecule has 1 aliphatic heterocycles. The molecule has 0 aromatic heterocycles. The summed E-state index contributed by atoms with van der Waals surface area (Å²) in [5.74, 6) is -3.10. The number of amides is 2. The Kier molecular flexibility index (Phi) is 3.77. The molecular weight excluding hydrogens is 212 g/mol. The summed E-state index contributed by atoms with van der Waals surface area (Å²) in [6, 6.07) is -0.894. The van der Waals surface area contributed by atoms with Gasteiger partial charge in [0.1, 0.15) is 5.92 Å². The number of ketones is 1. The first-order chi connectivity index (χ1) is 7.40. The van der Waals surface area contributed by atoms with Gasteiger partial charge in [0.05, 0.1) is 18.1 Å². The van der Waals surface area contributed by atoms with Crippen molar-refractivity contribution in [2.24, 2.45) is 17.6 Å². The molecule has 6 nitrogen and oxygen atoms in total. The smallest absolute Gasteiger partial charge is 0.238 e. The minimum atomic E-state index is -0.986. The summed E-state index contributed by atoms with van der Waals surface area (Å²) in [5, 5.41) is 2.11. The van der Waals surface area contributed by atoms with E-state index in [-0.39, 0.29) is 0 Å². The number of rotatable bonds is 4. The van der Waals surface area contributed by atoms with Gasteiger partial charge in [-0.1, -0.05) is 6.92 Å². The lowest BCUT2D eigenvalue weighted by Gasteiger charge is -2.20. The van der Waals surface area contributed by atoms with E-state index in [0.29, 0.717) is 0 Å². The largest absolute Gasteiger partial charge is 0.380 e. The van der Waals surface area contributed by atoms with Crippen LogP contribution >= 0.6 is 0 Å². The highest BCUT2D eigenvalue weighted by atomic mass is 16.5. The molecule has 1 rings (SSSR count). The Morgan fingerprint density at radius 3 is 2.38 bits per heavy atom. The molecule has 2 amide bonds. The van der Waals surface area contributed by atoms with Crippen molar-refractivity contribution in [3.63, 3.8) is 0 Å². The first-order valence-corrected chi connectivity index (χ1v) is 5.07. The van der Waals surface area contributed by atoms with Gasteiger partial charge in [-0.05, 0) is 6.92 Å². The normalized spacial score (nSPS) is 28.8. The Bertz CT molecular complexity index is 329. The van der Waals surface area contributed by atoms with Gasteiger partial charge in [0.2, 0.25) is 11.8 Å². The molecule has 1 aliphatic rings. The number of Topliss-reactive ketones (excluding diaryl/α,β-unsaturated/α-hetero) is 1. The first kappa shape index (κ1) is 12.8. The number of nitrogens with one attached hydrogen (secondary N) is 1. The molecule has 16 heavy (non-hydrogen) atoms. The minimum Gasteiger partial charge on any atom is -0.380 e. The average molecular weight is 228 g/mol. The van der Waals surface area contributed by atoms with Crippen LogP contribution in [0.2, 0.25) is 0 Å². The van der Waals surface area contributed by atoms with Crippen LogP contribution in [0.3, 0.4) is 0 Å². The monoisotopic (exact) mass is 228 g/mol. The predicted octanol–water partition coefficient (Wildman–Crippen LogP) is -1.17. The van der Waals surface area contributed by atoms with Crippen molar-refractivity contribution >= 4 is 17.6 Å². The maximum absolute atomic E-state index is 11.9. The summed E-state index contributed by atoms with van der Waals surface area (Å²) < 4.78 is 4.93. The molecule has 0 bridgehead atoms. The number of hydrogen-bond donors (Lipinski definition) is 2. The van der Waals surface area contributed by atoms with E-state index in [1.165, 1.54) is 14.0 Å². The van der Waals surface area contributed by atoms with Crippen LogP contribution in [0.25, 0.3) is 0 Å². The van der Waals surface area contributed by atoms with E-state index in [0.717, 1.165) is 0 Å². The number of ether oxygens (including phenoxy) is 1. The topological polar surface area (TPSA) is 98.5 Å². The van der Waals surface area contributed by atoms with Crippen LogP contribution in [0.5, 0.6) is 0 Å². The Labute approximate surface area is 93.5 Å². The zero-order chi connectivity index (χ0) is 12.5. The molecule has 1 heterocycles. The van der Waals surface area contributed by atoms with E-state index >= 15 is 0 Å². The summed E-state index contributed by atoms with van der Waals surface area (Å²) in [5.41, 5.74) is 5.66. The molecule has 3 N–H and O–H groups in total. The van der Waals surface area contributed by atoms with Crippen molar-refractivity contribution in [2.45, 2.75) is 26.0 Å². The summed E-state index contributed by atoms with van der Waals surface area (Å²) in [4.78, 5) is 34.5. The van der Waals surface area contributed by atoms with Crippen LogP contribution in [0.15, 0.2) is 0 Å². The molecule has 90 valence electrons. The lowest BCUT2D eigenvalue weighted by atomic mass is 9.87. The van der Waals surface area contributed by atoms with Gasteiger partial charge in [0, 0.05) is 7.11 Å². The molecule has 4 atom stereocenters. The van der Waals surface area contributed by atoms with E-state index in [9.17, 15) is 14.4 Å². The Hall–Kier alpha value is -1.27. The van der Waals surface area contributed by atoms with Gasteiger partial charge < -0.3 is 10.5 Å². The van der Waals surface area contributed by atoms with Gasteiger partial charge in [-0.25, -0.2) is 0 Å². The Balaban J connectivity index is 2.81. The van der Waals surface area contributed by atoms with Crippen molar-refractivity contribution in [1.82, 2.24) is 5.32 Å². The quantitative estimate of drug-likeness (QED) is 0.466. The summed E-state index contributed by atoms with van der Waals surface area (Å²) in [7, 11) is 1.43. The lowest BCUT2D eigenvalue weighted by molar-refractivity contribution is -0.135. The highest BCUT2D eigenvalue weighted by molar-refractivity contribution is 6.16. The van der Waals surface area contributed by atoms with Gasteiger partial charge in [0.25, 0.3) is 0 Å². The van der Waals surface area contributed by atoms with Crippen LogP contribution in [0, 0.1) is 11.8 Å². The fourth-order valence-corrected chi connectivity index (χ4v) is 1.65. The molecule has 0 aromatic rings.